The van der Waals surface area contributed by atoms with E-state index in [1.807, 2.05) is 12.1 Å². The monoisotopic (exact) mass is 287 g/mol. The van der Waals surface area contributed by atoms with E-state index < -0.39 is 0 Å². The van der Waals surface area contributed by atoms with E-state index >= 15 is 0 Å². The Balaban J connectivity index is 1.78. The highest BCUT2D eigenvalue weighted by Crippen LogP contribution is 2.37. The highest BCUT2D eigenvalue weighted by Gasteiger charge is 2.23. The van der Waals surface area contributed by atoms with Crippen LogP contribution in [0, 0.1) is 11.6 Å². The summed E-state index contributed by atoms with van der Waals surface area (Å²) in [5.74, 6) is -0.294. The lowest BCUT2D eigenvalue weighted by Crippen LogP contribution is -2.25. The molecule has 2 atom stereocenters. The van der Waals surface area contributed by atoms with Gasteiger partial charge in [0.05, 0.1) is 0 Å². The first-order valence-electron chi connectivity index (χ1n) is 7.43. The van der Waals surface area contributed by atoms with Crippen LogP contribution in [-0.2, 0) is 6.42 Å². The van der Waals surface area contributed by atoms with Gasteiger partial charge in [-0.3, -0.25) is 0 Å². The number of rotatable bonds is 3. The van der Waals surface area contributed by atoms with E-state index in [4.69, 9.17) is 0 Å². The van der Waals surface area contributed by atoms with Crippen molar-refractivity contribution < 1.29 is 8.78 Å². The summed E-state index contributed by atoms with van der Waals surface area (Å²) in [5.41, 5.74) is 2.92. The second kappa shape index (κ2) is 5.84. The van der Waals surface area contributed by atoms with Gasteiger partial charge in [0.2, 0.25) is 0 Å². The third kappa shape index (κ3) is 3.07. The number of hydrogen-bond donors (Lipinski definition) is 1. The summed E-state index contributed by atoms with van der Waals surface area (Å²) in [6, 6.07) is 12.4. The van der Waals surface area contributed by atoms with E-state index in [-0.39, 0.29) is 11.6 Å². The van der Waals surface area contributed by atoms with Crippen molar-refractivity contribution in [3.05, 3.63) is 65.2 Å². The van der Waals surface area contributed by atoms with Crippen molar-refractivity contribution in [3.8, 4) is 0 Å². The van der Waals surface area contributed by atoms with Gasteiger partial charge in [-0.1, -0.05) is 18.2 Å². The number of nitrogens with one attached hydrogen (secondary N) is 1. The van der Waals surface area contributed by atoms with Crippen LogP contribution < -0.4 is 5.32 Å². The zero-order valence-corrected chi connectivity index (χ0v) is 12.1. The number of aryl methyl sites for hydroxylation is 1. The zero-order valence-electron chi connectivity index (χ0n) is 12.1. The summed E-state index contributed by atoms with van der Waals surface area (Å²) in [7, 11) is 0. The molecule has 0 bridgehead atoms. The largest absolute Gasteiger partial charge is 0.382 e. The first kappa shape index (κ1) is 14.1. The topological polar surface area (TPSA) is 12.0 Å². The van der Waals surface area contributed by atoms with Crippen LogP contribution in [0.4, 0.5) is 14.5 Å². The van der Waals surface area contributed by atoms with Gasteiger partial charge in [-0.05, 0) is 67.5 Å². The number of halogens is 2. The molecule has 1 heterocycles. The molecular formula is C18H19F2N. The molecule has 3 heteroatoms. The average molecular weight is 287 g/mol. The van der Waals surface area contributed by atoms with Crippen molar-refractivity contribution in [2.24, 2.45) is 0 Å². The maximum atomic E-state index is 13.7. The lowest BCUT2D eigenvalue weighted by Gasteiger charge is -2.31. The first-order valence-corrected chi connectivity index (χ1v) is 7.43. The van der Waals surface area contributed by atoms with Crippen molar-refractivity contribution in [2.45, 2.75) is 38.1 Å². The Hall–Kier alpha value is -1.90. The van der Waals surface area contributed by atoms with Gasteiger partial charge < -0.3 is 5.32 Å². The fraction of sp³-hybridized carbons (Fsp3) is 0.333. The number of benzene rings is 2. The summed E-state index contributed by atoms with van der Waals surface area (Å²) < 4.78 is 27.0. The molecule has 1 nitrogen and oxygen atoms in total. The minimum atomic E-state index is -0.370. The van der Waals surface area contributed by atoms with Crippen LogP contribution >= 0.6 is 0 Å². The fourth-order valence-electron chi connectivity index (χ4n) is 3.20. The second-order valence-corrected chi connectivity index (χ2v) is 5.84. The second-order valence-electron chi connectivity index (χ2n) is 5.84. The molecule has 1 N–H and O–H groups in total. The molecule has 21 heavy (non-hydrogen) atoms. The van der Waals surface area contributed by atoms with E-state index in [0.29, 0.717) is 23.9 Å². The van der Waals surface area contributed by atoms with Crippen LogP contribution in [0.1, 0.15) is 36.8 Å². The average Bonchev–Trinajstić information content (AvgIpc) is 2.47. The molecule has 110 valence electrons. The molecule has 3 rings (SSSR count). The molecule has 0 fully saturated rings. The van der Waals surface area contributed by atoms with E-state index in [0.717, 1.165) is 12.8 Å². The smallest absolute Gasteiger partial charge is 0.126 e. The molecule has 0 amide bonds. The van der Waals surface area contributed by atoms with Crippen LogP contribution in [0.2, 0.25) is 0 Å². The molecular weight excluding hydrogens is 268 g/mol. The van der Waals surface area contributed by atoms with Gasteiger partial charge in [0, 0.05) is 11.7 Å². The Labute approximate surface area is 124 Å². The van der Waals surface area contributed by atoms with E-state index in [1.54, 1.807) is 0 Å². The maximum absolute atomic E-state index is 13.7. The van der Waals surface area contributed by atoms with Crippen molar-refractivity contribution in [1.82, 2.24) is 0 Å². The Kier molecular flexibility index (Phi) is 3.91. The minimum Gasteiger partial charge on any atom is -0.382 e. The summed E-state index contributed by atoms with van der Waals surface area (Å²) in [5, 5.41) is 3.47. The normalized spacial score (nSPS) is 20.7. The van der Waals surface area contributed by atoms with Gasteiger partial charge in [0.1, 0.15) is 11.6 Å². The molecule has 0 saturated carbocycles. The molecule has 1 aliphatic heterocycles. The molecule has 0 aliphatic carbocycles. The lowest BCUT2D eigenvalue weighted by atomic mass is 9.83. The highest BCUT2D eigenvalue weighted by molar-refractivity contribution is 5.55. The summed E-state index contributed by atoms with van der Waals surface area (Å²) in [6.07, 6.45) is 2.42. The number of hydrogen-bond acceptors (Lipinski definition) is 1. The zero-order chi connectivity index (χ0) is 14.8. The van der Waals surface area contributed by atoms with E-state index in [2.05, 4.69) is 24.4 Å². The van der Waals surface area contributed by atoms with Gasteiger partial charge >= 0.3 is 0 Å². The van der Waals surface area contributed by atoms with Crippen LogP contribution in [-0.4, -0.2) is 6.04 Å². The van der Waals surface area contributed by atoms with Crippen molar-refractivity contribution in [1.29, 1.82) is 0 Å². The molecule has 2 unspecified atom stereocenters. The Bertz CT molecular complexity index is 639. The molecule has 1 aliphatic rings. The molecule has 2 aromatic rings. The predicted octanol–water partition coefficient (Wildman–Crippen LogP) is 4.89. The van der Waals surface area contributed by atoms with Gasteiger partial charge in [-0.15, -0.1) is 0 Å². The Morgan fingerprint density at radius 2 is 1.95 bits per heavy atom. The molecule has 2 aromatic carbocycles. The van der Waals surface area contributed by atoms with Crippen LogP contribution in [0.5, 0.6) is 0 Å². The van der Waals surface area contributed by atoms with Crippen LogP contribution in [0.3, 0.4) is 0 Å². The Morgan fingerprint density at radius 3 is 2.81 bits per heavy atom. The third-order valence-corrected chi connectivity index (χ3v) is 4.21. The number of para-hydroxylation sites is 1. The fourth-order valence-corrected chi connectivity index (χ4v) is 3.20. The molecule has 0 radical (unpaired) electrons. The summed E-state index contributed by atoms with van der Waals surface area (Å²) in [4.78, 5) is 0. The van der Waals surface area contributed by atoms with Crippen LogP contribution in [0.25, 0.3) is 0 Å². The van der Waals surface area contributed by atoms with Crippen molar-refractivity contribution in [3.63, 3.8) is 0 Å². The SMILES string of the molecule is CC1CC(CCc2cc(F)ccc2F)c2ccccc2N1. The minimum absolute atomic E-state index is 0.313. The third-order valence-electron chi connectivity index (χ3n) is 4.21. The standard InChI is InChI=1S/C18H19F2N/c1-12-10-13(16-4-2-3-5-18(16)21-12)6-7-14-11-15(19)8-9-17(14)20/h2-5,8-9,11-13,21H,6-7,10H2,1H3. The quantitative estimate of drug-likeness (QED) is 0.848. The summed E-state index contributed by atoms with van der Waals surface area (Å²) in [6.45, 7) is 2.16. The predicted molar refractivity (Wildman–Crippen MR) is 81.6 cm³/mol. The molecule has 0 aromatic heterocycles. The van der Waals surface area contributed by atoms with Crippen molar-refractivity contribution >= 4 is 5.69 Å². The van der Waals surface area contributed by atoms with Crippen LogP contribution in [0.15, 0.2) is 42.5 Å². The van der Waals surface area contributed by atoms with Gasteiger partial charge in [0.25, 0.3) is 0 Å². The van der Waals surface area contributed by atoms with Gasteiger partial charge in [-0.2, -0.15) is 0 Å². The van der Waals surface area contributed by atoms with E-state index in [9.17, 15) is 8.78 Å². The first-order chi connectivity index (χ1) is 10.1. The maximum Gasteiger partial charge on any atom is 0.126 e. The number of anilines is 1. The highest BCUT2D eigenvalue weighted by atomic mass is 19.1. The number of fused-ring (bicyclic) bond motifs is 1. The molecule has 0 spiro atoms. The Morgan fingerprint density at radius 1 is 1.14 bits per heavy atom. The van der Waals surface area contributed by atoms with Gasteiger partial charge in [-0.25, -0.2) is 8.78 Å². The summed E-state index contributed by atoms with van der Waals surface area (Å²) >= 11 is 0. The molecule has 0 saturated heterocycles. The van der Waals surface area contributed by atoms with E-state index in [1.165, 1.54) is 29.4 Å². The van der Waals surface area contributed by atoms with Crippen molar-refractivity contribution in [2.75, 3.05) is 5.32 Å². The lowest BCUT2D eigenvalue weighted by molar-refractivity contribution is 0.511. The van der Waals surface area contributed by atoms with Gasteiger partial charge in [0.15, 0.2) is 0 Å².